The summed E-state index contributed by atoms with van der Waals surface area (Å²) in [5.41, 5.74) is 3.98. The molecule has 0 amide bonds. The second-order valence-electron chi connectivity index (χ2n) is 6.91. The van der Waals surface area contributed by atoms with Crippen LogP contribution in [-0.2, 0) is 19.5 Å². The second kappa shape index (κ2) is 9.59. The van der Waals surface area contributed by atoms with Crippen LogP contribution in [0.25, 0.3) is 10.9 Å². The van der Waals surface area contributed by atoms with Crippen LogP contribution in [0.4, 0.5) is 4.39 Å². The van der Waals surface area contributed by atoms with Gasteiger partial charge in [-0.1, -0.05) is 12.1 Å². The van der Waals surface area contributed by atoms with Crippen molar-refractivity contribution < 1.29 is 4.39 Å². The van der Waals surface area contributed by atoms with E-state index in [1.54, 1.807) is 24.4 Å². The second-order valence-corrected chi connectivity index (χ2v) is 6.91. The third-order valence-electron chi connectivity index (χ3n) is 4.79. The van der Waals surface area contributed by atoms with Crippen molar-refractivity contribution in [1.82, 2.24) is 20.6 Å². The molecule has 3 heterocycles. The summed E-state index contributed by atoms with van der Waals surface area (Å²) in [5.74, 6) is -0.363. The molecule has 0 saturated carbocycles. The Morgan fingerprint density at radius 3 is 3.00 bits per heavy atom. The van der Waals surface area contributed by atoms with Crippen molar-refractivity contribution in [3.63, 3.8) is 0 Å². The van der Waals surface area contributed by atoms with Gasteiger partial charge in [0.1, 0.15) is 5.82 Å². The Morgan fingerprint density at radius 2 is 2.10 bits per heavy atom. The first-order valence-electron chi connectivity index (χ1n) is 9.84. The van der Waals surface area contributed by atoms with Crippen molar-refractivity contribution in [3.05, 3.63) is 82.8 Å². The minimum atomic E-state index is -0.531. The van der Waals surface area contributed by atoms with E-state index in [-0.39, 0.29) is 5.82 Å². The number of nitrogens with one attached hydrogen (secondary N) is 2. The van der Waals surface area contributed by atoms with E-state index in [1.807, 2.05) is 24.3 Å². The summed E-state index contributed by atoms with van der Waals surface area (Å²) < 4.78 is 14.7. The lowest BCUT2D eigenvalue weighted by Crippen LogP contribution is -2.27. The lowest BCUT2D eigenvalue weighted by molar-refractivity contribution is 0.627. The number of aliphatic imine (C=N–C) groups is 2. The van der Waals surface area contributed by atoms with Crippen molar-refractivity contribution in [1.29, 1.82) is 5.26 Å². The van der Waals surface area contributed by atoms with Gasteiger partial charge in [0, 0.05) is 30.2 Å². The number of fused-ring (bicyclic) bond motifs is 2. The van der Waals surface area contributed by atoms with Gasteiger partial charge in [-0.3, -0.25) is 20.0 Å². The first-order valence-corrected chi connectivity index (χ1v) is 9.84. The zero-order valence-corrected chi connectivity index (χ0v) is 16.7. The van der Waals surface area contributed by atoms with E-state index in [0.29, 0.717) is 31.6 Å². The fourth-order valence-electron chi connectivity index (χ4n) is 3.19. The Hall–Kier alpha value is -4.12. The smallest absolute Gasteiger partial charge is 0.181 e. The molecule has 2 aromatic heterocycles. The molecule has 0 atom stereocenters. The van der Waals surface area contributed by atoms with Crippen LogP contribution in [0, 0.1) is 11.3 Å². The van der Waals surface area contributed by atoms with Gasteiger partial charge in [-0.05, 0) is 35.9 Å². The molecule has 8 heteroatoms. The predicted molar refractivity (Wildman–Crippen MR) is 118 cm³/mol. The summed E-state index contributed by atoms with van der Waals surface area (Å²) in [6, 6.07) is 15.0. The highest BCUT2D eigenvalue weighted by Gasteiger charge is 2.07. The van der Waals surface area contributed by atoms with Crippen LogP contribution in [0.5, 0.6) is 0 Å². The zero-order valence-electron chi connectivity index (χ0n) is 16.7. The molecule has 2 N–H and O–H groups in total. The quantitative estimate of drug-likeness (QED) is 0.687. The lowest BCUT2D eigenvalue weighted by atomic mass is 10.1. The molecule has 0 spiro atoms. The van der Waals surface area contributed by atoms with E-state index in [2.05, 4.69) is 36.7 Å². The Morgan fingerprint density at radius 1 is 1.16 bits per heavy atom. The van der Waals surface area contributed by atoms with Crippen molar-refractivity contribution in [2.45, 2.75) is 19.5 Å². The van der Waals surface area contributed by atoms with E-state index in [4.69, 9.17) is 5.26 Å². The molecule has 0 fully saturated rings. The Bertz CT molecular complexity index is 1220. The first kappa shape index (κ1) is 20.2. The molecule has 31 heavy (non-hydrogen) atoms. The molecule has 0 aliphatic carbocycles. The van der Waals surface area contributed by atoms with Crippen molar-refractivity contribution in [3.8, 4) is 6.07 Å². The minimum Gasteiger partial charge on any atom is -0.363 e. The summed E-state index contributed by atoms with van der Waals surface area (Å²) in [6.07, 6.45) is 5.09. The van der Waals surface area contributed by atoms with Crippen LogP contribution >= 0.6 is 0 Å². The molecule has 1 aliphatic heterocycles. The van der Waals surface area contributed by atoms with Gasteiger partial charge in [0.25, 0.3) is 0 Å². The molecule has 3 aromatic rings. The third kappa shape index (κ3) is 5.08. The predicted octanol–water partition coefficient (Wildman–Crippen LogP) is 3.17. The lowest BCUT2D eigenvalue weighted by Gasteiger charge is -2.12. The highest BCUT2D eigenvalue weighted by Crippen LogP contribution is 2.15. The van der Waals surface area contributed by atoms with Crippen LogP contribution in [0.1, 0.15) is 22.5 Å². The van der Waals surface area contributed by atoms with Crippen molar-refractivity contribution in [2.24, 2.45) is 9.98 Å². The molecule has 4 rings (SSSR count). The van der Waals surface area contributed by atoms with Crippen LogP contribution in [0.2, 0.25) is 0 Å². The normalized spacial score (nSPS) is 14.2. The van der Waals surface area contributed by atoms with Gasteiger partial charge in [0.15, 0.2) is 5.83 Å². The topological polar surface area (TPSA) is 98.4 Å². The SMILES string of the molecule is N#Cc1ccc2nc(CNC3=C(F)C=NCc4cccnc4CCN=CN3)ccc2c1. The average Bonchev–Trinajstić information content (AvgIpc) is 2.80. The molecular formula is C23H20FN7. The molecule has 7 nitrogen and oxygen atoms in total. The number of nitriles is 1. The zero-order chi connectivity index (χ0) is 21.5. The summed E-state index contributed by atoms with van der Waals surface area (Å²) >= 11 is 0. The van der Waals surface area contributed by atoms with Crippen molar-refractivity contribution >= 4 is 23.5 Å². The number of pyridine rings is 2. The van der Waals surface area contributed by atoms with E-state index in [0.717, 1.165) is 27.9 Å². The maximum Gasteiger partial charge on any atom is 0.181 e. The third-order valence-corrected chi connectivity index (χ3v) is 4.79. The van der Waals surface area contributed by atoms with Gasteiger partial charge >= 0.3 is 0 Å². The van der Waals surface area contributed by atoms with Crippen LogP contribution in [-0.4, -0.2) is 29.1 Å². The van der Waals surface area contributed by atoms with E-state index < -0.39 is 5.83 Å². The van der Waals surface area contributed by atoms with Crippen molar-refractivity contribution in [2.75, 3.05) is 6.54 Å². The van der Waals surface area contributed by atoms with Gasteiger partial charge in [-0.15, -0.1) is 0 Å². The molecule has 0 radical (unpaired) electrons. The Labute approximate surface area is 179 Å². The summed E-state index contributed by atoms with van der Waals surface area (Å²) in [7, 11) is 0. The number of halogens is 1. The Balaban J connectivity index is 1.51. The molecule has 1 aliphatic rings. The molecule has 0 saturated heterocycles. The number of allylic oxidation sites excluding steroid dienone is 1. The standard InChI is InChI=1S/C23H20FN7/c24-20-14-27-12-18-2-1-8-28-21(18)7-9-26-15-30-23(20)29-13-19-5-4-17-10-16(11-25)3-6-22(17)31-19/h1-6,8,10,14-15,29H,7,9,12-13H2,(H,26,30). The first-order chi connectivity index (χ1) is 15.2. The molecule has 1 aromatic carbocycles. The number of nitrogens with zero attached hydrogens (tertiary/aromatic N) is 5. The number of rotatable bonds is 3. The fraction of sp³-hybridized carbons (Fsp3) is 0.174. The number of hydrogen-bond acceptors (Lipinski definition) is 7. The van der Waals surface area contributed by atoms with Crippen LogP contribution in [0.15, 0.2) is 70.3 Å². The molecular weight excluding hydrogens is 393 g/mol. The number of aromatic nitrogens is 2. The van der Waals surface area contributed by atoms with Gasteiger partial charge in [0.05, 0.1) is 48.5 Å². The van der Waals surface area contributed by atoms with E-state index in [1.165, 1.54) is 12.6 Å². The number of hydrogen-bond donors (Lipinski definition) is 2. The highest BCUT2D eigenvalue weighted by atomic mass is 19.1. The summed E-state index contributed by atoms with van der Waals surface area (Å²) in [6.45, 7) is 1.19. The Kier molecular flexibility index (Phi) is 6.24. The maximum atomic E-state index is 14.7. The van der Waals surface area contributed by atoms with E-state index in [9.17, 15) is 4.39 Å². The monoisotopic (exact) mass is 413 g/mol. The van der Waals surface area contributed by atoms with Gasteiger partial charge < -0.3 is 10.6 Å². The molecule has 0 bridgehead atoms. The fourth-order valence-corrected chi connectivity index (χ4v) is 3.19. The minimum absolute atomic E-state index is 0.168. The van der Waals surface area contributed by atoms with Crippen LogP contribution < -0.4 is 10.6 Å². The van der Waals surface area contributed by atoms with Gasteiger partial charge in [-0.2, -0.15) is 5.26 Å². The largest absolute Gasteiger partial charge is 0.363 e. The average molecular weight is 413 g/mol. The molecule has 0 unspecified atom stereocenters. The van der Waals surface area contributed by atoms with E-state index >= 15 is 0 Å². The maximum absolute atomic E-state index is 14.7. The van der Waals surface area contributed by atoms with Crippen LogP contribution in [0.3, 0.4) is 0 Å². The number of benzene rings is 1. The summed E-state index contributed by atoms with van der Waals surface area (Å²) in [5, 5.41) is 15.8. The van der Waals surface area contributed by atoms with Gasteiger partial charge in [-0.25, -0.2) is 4.39 Å². The highest BCUT2D eigenvalue weighted by molar-refractivity contribution is 5.80. The molecule has 154 valence electrons. The van der Waals surface area contributed by atoms with Gasteiger partial charge in [0.2, 0.25) is 0 Å². The summed E-state index contributed by atoms with van der Waals surface area (Å²) in [4.78, 5) is 17.5.